The molecular formula is C22H34O8. The largest absolute Gasteiger partial charge is 0.495 e. The van der Waals surface area contributed by atoms with Gasteiger partial charge in [0.25, 0.3) is 0 Å². The Kier molecular flexibility index (Phi) is 7.22. The molecule has 3 saturated heterocycles. The molecule has 3 rings (SSSR count). The van der Waals surface area contributed by atoms with Crippen molar-refractivity contribution in [1.29, 1.82) is 0 Å². The number of ketones is 1. The second-order valence-corrected chi connectivity index (χ2v) is 8.92. The number of carbonyl (C=O) groups excluding carboxylic acids is 2. The highest BCUT2D eigenvalue weighted by Crippen LogP contribution is 2.41. The van der Waals surface area contributed by atoms with Gasteiger partial charge < -0.3 is 28.4 Å². The van der Waals surface area contributed by atoms with Crippen LogP contribution in [0.4, 0.5) is 0 Å². The topological polar surface area (TPSA) is 89.5 Å². The van der Waals surface area contributed by atoms with Crippen LogP contribution in [0.15, 0.2) is 12.3 Å². The molecule has 3 fully saturated rings. The lowest BCUT2D eigenvalue weighted by atomic mass is 9.84. The van der Waals surface area contributed by atoms with Crippen molar-refractivity contribution in [2.75, 3.05) is 13.2 Å². The van der Waals surface area contributed by atoms with E-state index in [2.05, 4.69) is 0 Å². The molecule has 0 spiro atoms. The van der Waals surface area contributed by atoms with Crippen LogP contribution in [0.1, 0.15) is 60.3 Å². The maximum atomic E-state index is 11.9. The van der Waals surface area contributed by atoms with Crippen LogP contribution in [-0.2, 0) is 38.0 Å². The van der Waals surface area contributed by atoms with E-state index in [0.29, 0.717) is 19.6 Å². The van der Waals surface area contributed by atoms with Gasteiger partial charge >= 0.3 is 5.97 Å². The van der Waals surface area contributed by atoms with Crippen molar-refractivity contribution in [3.63, 3.8) is 0 Å². The predicted molar refractivity (Wildman–Crippen MR) is 107 cm³/mol. The molecule has 8 nitrogen and oxygen atoms in total. The summed E-state index contributed by atoms with van der Waals surface area (Å²) in [6, 6.07) is 0. The van der Waals surface area contributed by atoms with Gasteiger partial charge in [-0.25, -0.2) is 4.79 Å². The van der Waals surface area contributed by atoms with Crippen LogP contribution in [-0.4, -0.2) is 66.9 Å². The summed E-state index contributed by atoms with van der Waals surface area (Å²) in [5, 5.41) is 0. The fourth-order valence-electron chi connectivity index (χ4n) is 4.52. The zero-order chi connectivity index (χ0) is 21.9. The van der Waals surface area contributed by atoms with Crippen molar-refractivity contribution in [2.45, 2.75) is 102 Å². The fourth-order valence-corrected chi connectivity index (χ4v) is 4.52. The molecule has 0 N–H and O–H groups in total. The van der Waals surface area contributed by atoms with E-state index in [0.717, 1.165) is 12.8 Å². The van der Waals surface area contributed by atoms with E-state index in [4.69, 9.17) is 28.4 Å². The second-order valence-electron chi connectivity index (χ2n) is 8.92. The van der Waals surface area contributed by atoms with E-state index in [1.807, 2.05) is 20.8 Å². The lowest BCUT2D eigenvalue weighted by Crippen LogP contribution is -2.57. The van der Waals surface area contributed by atoms with Crippen LogP contribution in [0.3, 0.4) is 0 Å². The summed E-state index contributed by atoms with van der Waals surface area (Å²) < 4.78 is 35.4. The number of hydrogen-bond donors (Lipinski definition) is 0. The minimum absolute atomic E-state index is 0.0145. The Labute approximate surface area is 178 Å². The van der Waals surface area contributed by atoms with E-state index in [1.54, 1.807) is 6.92 Å². The summed E-state index contributed by atoms with van der Waals surface area (Å²) in [5.74, 6) is -1.10. The van der Waals surface area contributed by atoms with Crippen molar-refractivity contribution >= 4 is 11.8 Å². The molecule has 8 heteroatoms. The molecule has 0 saturated carbocycles. The quantitative estimate of drug-likeness (QED) is 0.364. The molecule has 30 heavy (non-hydrogen) atoms. The van der Waals surface area contributed by atoms with Gasteiger partial charge in [0, 0.05) is 12.8 Å². The van der Waals surface area contributed by atoms with Gasteiger partial charge in [0.2, 0.25) is 0 Å². The Hall–Kier alpha value is -1.48. The van der Waals surface area contributed by atoms with Crippen molar-refractivity contribution < 1.29 is 38.0 Å². The molecule has 3 aliphatic heterocycles. The summed E-state index contributed by atoms with van der Waals surface area (Å²) in [7, 11) is 0. The zero-order valence-electron chi connectivity index (χ0n) is 18.6. The van der Waals surface area contributed by atoms with Crippen LogP contribution in [0, 0.1) is 0 Å². The first-order valence-corrected chi connectivity index (χ1v) is 10.7. The molecule has 0 bridgehead atoms. The highest BCUT2D eigenvalue weighted by molar-refractivity contribution is 5.81. The summed E-state index contributed by atoms with van der Waals surface area (Å²) in [5.41, 5.74) is -0.818. The van der Waals surface area contributed by atoms with Crippen molar-refractivity contribution in [1.82, 2.24) is 0 Å². The van der Waals surface area contributed by atoms with Crippen LogP contribution >= 0.6 is 0 Å². The smallest absolute Gasteiger partial charge is 0.333 e. The highest BCUT2D eigenvalue weighted by atomic mass is 16.7. The molecular weight excluding hydrogens is 392 g/mol. The molecule has 0 unspecified atom stereocenters. The molecule has 0 aromatic heterocycles. The Bertz CT molecular complexity index is 660. The molecule has 3 heterocycles. The minimum atomic E-state index is -0.818. The average molecular weight is 427 g/mol. The number of hydrogen-bond acceptors (Lipinski definition) is 8. The molecule has 3 aliphatic rings. The summed E-state index contributed by atoms with van der Waals surface area (Å²) >= 11 is 0. The van der Waals surface area contributed by atoms with Gasteiger partial charge in [-0.1, -0.05) is 0 Å². The van der Waals surface area contributed by atoms with Crippen LogP contribution in [0.5, 0.6) is 0 Å². The average Bonchev–Trinajstić information content (AvgIpc) is 2.79. The van der Waals surface area contributed by atoms with Crippen molar-refractivity contribution in [3.05, 3.63) is 12.3 Å². The molecule has 0 amide bonds. The maximum absolute atomic E-state index is 11.9. The van der Waals surface area contributed by atoms with Gasteiger partial charge in [-0.3, -0.25) is 4.79 Å². The second kappa shape index (κ2) is 9.34. The van der Waals surface area contributed by atoms with E-state index in [9.17, 15) is 9.59 Å². The first-order chi connectivity index (χ1) is 14.1. The number of ether oxygens (including phenoxy) is 6. The summed E-state index contributed by atoms with van der Waals surface area (Å²) in [6.07, 6.45) is 3.79. The lowest BCUT2D eigenvalue weighted by molar-refractivity contribution is -0.318. The Morgan fingerprint density at radius 3 is 2.43 bits per heavy atom. The van der Waals surface area contributed by atoms with Crippen molar-refractivity contribution in [3.8, 4) is 0 Å². The third-order valence-electron chi connectivity index (χ3n) is 5.83. The van der Waals surface area contributed by atoms with Gasteiger partial charge in [0.1, 0.15) is 23.6 Å². The van der Waals surface area contributed by atoms with Crippen LogP contribution in [0.25, 0.3) is 0 Å². The zero-order valence-corrected chi connectivity index (χ0v) is 18.6. The van der Waals surface area contributed by atoms with Gasteiger partial charge in [-0.15, -0.1) is 0 Å². The summed E-state index contributed by atoms with van der Waals surface area (Å²) in [6.45, 7) is 9.72. The van der Waals surface area contributed by atoms with Crippen LogP contribution in [0.2, 0.25) is 0 Å². The maximum Gasteiger partial charge on any atom is 0.333 e. The fraction of sp³-hybridized carbons (Fsp3) is 0.818. The third kappa shape index (κ3) is 5.60. The molecule has 170 valence electrons. The standard InChI is InChI=1S/C22H34O8/c1-6-25-20(24)9-10-26-19-11-17-15(30-22(19,5)12-14(2)23)7-8-16-18(28-17)13-27-21(3,4)29-16/h9-10,15-19H,6-8,11-13H2,1-5H3/b10-9+/t15-,16+,17+,18-,19-,22+/m1/s1. The van der Waals surface area contributed by atoms with Gasteiger partial charge in [-0.05, 0) is 47.5 Å². The Balaban J connectivity index is 1.73. The lowest BCUT2D eigenvalue weighted by Gasteiger charge is -2.47. The van der Waals surface area contributed by atoms with E-state index >= 15 is 0 Å². The Morgan fingerprint density at radius 2 is 1.77 bits per heavy atom. The van der Waals surface area contributed by atoms with Gasteiger partial charge in [-0.2, -0.15) is 0 Å². The first kappa shape index (κ1) is 23.2. The number of fused-ring (bicyclic) bond motifs is 2. The van der Waals surface area contributed by atoms with Crippen molar-refractivity contribution in [2.24, 2.45) is 0 Å². The number of carbonyl (C=O) groups is 2. The van der Waals surface area contributed by atoms with Gasteiger partial charge in [0.15, 0.2) is 5.79 Å². The number of esters is 1. The first-order valence-electron chi connectivity index (χ1n) is 10.7. The number of rotatable bonds is 6. The molecule has 6 atom stereocenters. The highest BCUT2D eigenvalue weighted by Gasteiger charge is 2.51. The SMILES string of the molecule is CCOC(=O)/C=C/O[C@@H]1C[C@@H]2O[C@@H]3COC(C)(C)O[C@H]3CC[C@H]2O[C@@]1(C)CC(C)=O. The van der Waals surface area contributed by atoms with Gasteiger partial charge in [0.05, 0.1) is 43.9 Å². The molecule has 0 radical (unpaired) electrons. The predicted octanol–water partition coefficient (Wildman–Crippen LogP) is 2.67. The molecule has 0 aromatic rings. The van der Waals surface area contributed by atoms with Crippen LogP contribution < -0.4 is 0 Å². The third-order valence-corrected chi connectivity index (χ3v) is 5.83. The summed E-state index contributed by atoms with van der Waals surface area (Å²) in [4.78, 5) is 23.5. The normalized spacial score (nSPS) is 38.2. The Morgan fingerprint density at radius 1 is 1.07 bits per heavy atom. The number of Topliss-reactive ketones (excluding diaryl/α,β-unsaturated/α-hetero) is 1. The minimum Gasteiger partial charge on any atom is -0.495 e. The van der Waals surface area contributed by atoms with E-state index in [1.165, 1.54) is 19.3 Å². The van der Waals surface area contributed by atoms with E-state index < -0.39 is 23.5 Å². The van der Waals surface area contributed by atoms with E-state index in [-0.39, 0.29) is 36.6 Å². The molecule has 0 aliphatic carbocycles. The molecule has 0 aromatic carbocycles. The monoisotopic (exact) mass is 426 g/mol.